The van der Waals surface area contributed by atoms with Gasteiger partial charge in [-0.25, -0.2) is 14.8 Å². The van der Waals surface area contributed by atoms with Gasteiger partial charge in [-0.05, 0) is 48.1 Å². The number of halogens is 1. The number of hydrogen-bond donors (Lipinski definition) is 2. The number of morpholine rings is 2. The van der Waals surface area contributed by atoms with Crippen LogP contribution in [0.2, 0.25) is 5.02 Å². The Kier molecular flexibility index (Phi) is 5.61. The quantitative estimate of drug-likeness (QED) is 0.551. The van der Waals surface area contributed by atoms with Crippen LogP contribution in [0.4, 0.5) is 4.79 Å². The first-order chi connectivity index (χ1) is 17.6. The van der Waals surface area contributed by atoms with Crippen molar-refractivity contribution in [1.82, 2.24) is 30.1 Å². The molecule has 0 saturated carbocycles. The van der Waals surface area contributed by atoms with Gasteiger partial charge in [0, 0.05) is 37.9 Å². The molecule has 5 aliphatic rings. The van der Waals surface area contributed by atoms with Crippen LogP contribution in [0, 0.1) is 0 Å². The summed E-state index contributed by atoms with van der Waals surface area (Å²) >= 11 is 6.32. The molecule has 2 N–H and O–H groups in total. The number of fused-ring (bicyclic) bond motifs is 5. The van der Waals surface area contributed by atoms with Gasteiger partial charge in [0.05, 0.1) is 54.9 Å². The van der Waals surface area contributed by atoms with Gasteiger partial charge in [0.25, 0.3) is 0 Å². The smallest absolute Gasteiger partial charge is 0.320 e. The molecule has 4 saturated heterocycles. The number of nitrogens with zero attached hydrogens (tertiary/aromatic N) is 4. The minimum Gasteiger partial charge on any atom is -0.378 e. The molecule has 0 radical (unpaired) electrons. The van der Waals surface area contributed by atoms with Gasteiger partial charge in [-0.15, -0.1) is 0 Å². The van der Waals surface area contributed by atoms with Crippen LogP contribution in [-0.4, -0.2) is 82.4 Å². The number of ether oxygens (including phenoxy) is 2. The number of carbonyl (C=O) groups excluding carboxylic acids is 1. The van der Waals surface area contributed by atoms with E-state index in [4.69, 9.17) is 26.1 Å². The van der Waals surface area contributed by atoms with Crippen LogP contribution in [-0.2, 0) is 22.4 Å². The van der Waals surface area contributed by atoms with Crippen molar-refractivity contribution in [3.8, 4) is 11.3 Å². The van der Waals surface area contributed by atoms with Crippen LogP contribution in [0.1, 0.15) is 35.6 Å². The molecule has 0 unspecified atom stereocenters. The first kappa shape index (κ1) is 22.5. The highest BCUT2D eigenvalue weighted by molar-refractivity contribution is 6.34. The molecule has 8 rings (SSSR count). The van der Waals surface area contributed by atoms with E-state index in [1.165, 1.54) is 16.7 Å². The minimum absolute atomic E-state index is 0.0643. The maximum absolute atomic E-state index is 13.6. The highest BCUT2D eigenvalue weighted by atomic mass is 35.5. The van der Waals surface area contributed by atoms with E-state index in [9.17, 15) is 4.79 Å². The molecule has 3 aromatic rings. The lowest BCUT2D eigenvalue weighted by Crippen LogP contribution is -2.60. The molecule has 2 amide bonds. The molecule has 4 fully saturated rings. The van der Waals surface area contributed by atoms with Crippen LogP contribution in [0.5, 0.6) is 0 Å². The molecule has 2 bridgehead atoms. The maximum atomic E-state index is 13.6. The Morgan fingerprint density at radius 2 is 2.17 bits per heavy atom. The molecule has 0 aliphatic carbocycles. The SMILES string of the molecule is O=C(N1CCc2cc(-c3cnc4[nH]cc(Cl)c4n3)cc([C@@H]3COCCN3)c2C1)N1C[C@@H]2CC[C@H]1CO2. The maximum Gasteiger partial charge on any atom is 0.320 e. The monoisotopic (exact) mass is 508 g/mol. The van der Waals surface area contributed by atoms with E-state index in [2.05, 4.69) is 27.4 Å². The van der Waals surface area contributed by atoms with Gasteiger partial charge in [-0.3, -0.25) is 0 Å². The fourth-order valence-electron chi connectivity index (χ4n) is 6.05. The molecule has 7 heterocycles. The Balaban J connectivity index is 1.24. The van der Waals surface area contributed by atoms with Crippen molar-refractivity contribution in [1.29, 1.82) is 0 Å². The molecule has 1 aromatic carbocycles. The molecule has 5 aliphatic heterocycles. The number of hydrogen-bond acceptors (Lipinski definition) is 6. The number of aromatic amines is 1. The van der Waals surface area contributed by atoms with Gasteiger partial charge in [-0.2, -0.15) is 0 Å². The molecular formula is C26H29ClN6O3. The van der Waals surface area contributed by atoms with Crippen LogP contribution >= 0.6 is 11.6 Å². The molecule has 0 spiro atoms. The van der Waals surface area contributed by atoms with Crippen molar-refractivity contribution in [3.63, 3.8) is 0 Å². The van der Waals surface area contributed by atoms with Crippen molar-refractivity contribution < 1.29 is 14.3 Å². The Morgan fingerprint density at radius 3 is 2.94 bits per heavy atom. The van der Waals surface area contributed by atoms with Crippen molar-refractivity contribution in [2.24, 2.45) is 0 Å². The number of urea groups is 1. The second kappa shape index (κ2) is 8.99. The van der Waals surface area contributed by atoms with Gasteiger partial charge in [-0.1, -0.05) is 11.6 Å². The van der Waals surface area contributed by atoms with Crippen LogP contribution in [0.3, 0.4) is 0 Å². The number of benzene rings is 1. The third kappa shape index (κ3) is 3.85. The van der Waals surface area contributed by atoms with Crippen molar-refractivity contribution in [2.45, 2.75) is 44.0 Å². The number of carbonyl (C=O) groups is 1. The van der Waals surface area contributed by atoms with E-state index < -0.39 is 0 Å². The lowest BCUT2D eigenvalue weighted by atomic mass is 9.88. The number of aromatic nitrogens is 3. The van der Waals surface area contributed by atoms with Crippen LogP contribution in [0.25, 0.3) is 22.4 Å². The lowest BCUT2D eigenvalue weighted by molar-refractivity contribution is -0.0923. The summed E-state index contributed by atoms with van der Waals surface area (Å²) in [6.45, 7) is 4.78. The summed E-state index contributed by atoms with van der Waals surface area (Å²) in [7, 11) is 0. The average molecular weight is 509 g/mol. The van der Waals surface area contributed by atoms with Crippen LogP contribution in [0.15, 0.2) is 24.5 Å². The van der Waals surface area contributed by atoms with E-state index in [0.717, 1.165) is 37.1 Å². The van der Waals surface area contributed by atoms with Gasteiger partial charge < -0.3 is 29.6 Å². The number of piperidine rings is 1. The summed E-state index contributed by atoms with van der Waals surface area (Å²) in [5.74, 6) is 0. The highest BCUT2D eigenvalue weighted by Crippen LogP contribution is 2.35. The Labute approximate surface area is 214 Å². The van der Waals surface area contributed by atoms with Crippen molar-refractivity contribution in [3.05, 3.63) is 46.2 Å². The van der Waals surface area contributed by atoms with E-state index in [1.807, 2.05) is 9.80 Å². The van der Waals surface area contributed by atoms with Gasteiger partial charge in [0.2, 0.25) is 0 Å². The molecular weight excluding hydrogens is 480 g/mol. The van der Waals surface area contributed by atoms with Crippen molar-refractivity contribution in [2.75, 3.05) is 39.5 Å². The number of amides is 2. The van der Waals surface area contributed by atoms with Gasteiger partial charge >= 0.3 is 6.03 Å². The summed E-state index contributed by atoms with van der Waals surface area (Å²) < 4.78 is 11.7. The summed E-state index contributed by atoms with van der Waals surface area (Å²) in [6.07, 6.45) is 6.58. The predicted molar refractivity (Wildman–Crippen MR) is 135 cm³/mol. The lowest BCUT2D eigenvalue weighted by Gasteiger charge is -2.47. The van der Waals surface area contributed by atoms with E-state index in [1.54, 1.807) is 12.4 Å². The minimum atomic E-state index is 0.0643. The zero-order valence-electron chi connectivity index (χ0n) is 20.0. The van der Waals surface area contributed by atoms with Crippen LogP contribution < -0.4 is 5.32 Å². The Hall–Kier alpha value is -2.72. The first-order valence-corrected chi connectivity index (χ1v) is 13.2. The first-order valence-electron chi connectivity index (χ1n) is 12.8. The summed E-state index contributed by atoms with van der Waals surface area (Å²) in [5.41, 5.74) is 6.78. The summed E-state index contributed by atoms with van der Waals surface area (Å²) in [5, 5.41) is 4.17. The molecule has 2 aromatic heterocycles. The summed E-state index contributed by atoms with van der Waals surface area (Å²) in [4.78, 5) is 30.0. The van der Waals surface area contributed by atoms with Gasteiger partial charge in [0.15, 0.2) is 5.65 Å². The Bertz CT molecular complexity index is 1310. The highest BCUT2D eigenvalue weighted by Gasteiger charge is 2.40. The number of H-pyrrole nitrogens is 1. The molecule has 9 nitrogen and oxygen atoms in total. The topological polar surface area (TPSA) is 95.6 Å². The van der Waals surface area contributed by atoms with Crippen molar-refractivity contribution >= 4 is 28.8 Å². The average Bonchev–Trinajstić information content (AvgIpc) is 3.32. The van der Waals surface area contributed by atoms with Gasteiger partial charge in [0.1, 0.15) is 5.52 Å². The third-order valence-corrected chi connectivity index (χ3v) is 8.30. The predicted octanol–water partition coefficient (Wildman–Crippen LogP) is 3.28. The zero-order valence-corrected chi connectivity index (χ0v) is 20.8. The Morgan fingerprint density at radius 1 is 1.22 bits per heavy atom. The number of rotatable bonds is 2. The molecule has 188 valence electrons. The molecule has 3 atom stereocenters. The molecule has 10 heteroatoms. The zero-order chi connectivity index (χ0) is 24.2. The second-order valence-electron chi connectivity index (χ2n) is 10.2. The van der Waals surface area contributed by atoms with E-state index in [-0.39, 0.29) is 24.2 Å². The standard InChI is InChI=1S/C26H29ClN6O3/c27-21-9-29-25-24(21)31-22(10-30-25)16-7-15-3-5-32(26(34)33-11-18-2-1-17(33)13-36-18)12-20(15)19(8-16)23-14-35-6-4-28-23/h7-10,17-18,23,28H,1-6,11-14H2,(H,29,30)/t17-,18-,23-/m0/s1. The summed E-state index contributed by atoms with van der Waals surface area (Å²) in [6, 6.07) is 4.80. The largest absolute Gasteiger partial charge is 0.378 e. The molecule has 36 heavy (non-hydrogen) atoms. The number of nitrogens with one attached hydrogen (secondary N) is 2. The fourth-order valence-corrected chi connectivity index (χ4v) is 6.24. The third-order valence-electron chi connectivity index (χ3n) is 8.01. The van der Waals surface area contributed by atoms with E-state index in [0.29, 0.717) is 55.6 Å². The second-order valence-corrected chi connectivity index (χ2v) is 10.6. The normalized spacial score (nSPS) is 25.9. The van der Waals surface area contributed by atoms with E-state index >= 15 is 0 Å². The fraction of sp³-hybridized carbons (Fsp3) is 0.500.